The molecule has 0 bridgehead atoms. The first-order chi connectivity index (χ1) is 7.90. The molecule has 3 nitrogen and oxygen atoms in total. The van der Waals surface area contributed by atoms with Crippen LogP contribution in [0.2, 0.25) is 0 Å². The highest BCUT2D eigenvalue weighted by Gasteiger charge is 2.23. The minimum Gasteiger partial charge on any atom is -0.493 e. The van der Waals surface area contributed by atoms with E-state index in [4.69, 9.17) is 15.2 Å². The van der Waals surface area contributed by atoms with E-state index in [1.54, 1.807) is 7.11 Å². The number of rotatable bonds is 4. The Morgan fingerprint density at radius 2 is 1.83 bits per heavy atom. The van der Waals surface area contributed by atoms with Gasteiger partial charge in [-0.3, -0.25) is 0 Å². The lowest BCUT2D eigenvalue weighted by Crippen LogP contribution is -2.26. The zero-order valence-corrected chi connectivity index (χ0v) is 12.6. The molecular formula is C14H24ClNO2. The molecular weight excluding hydrogens is 250 g/mol. The Morgan fingerprint density at radius 3 is 2.28 bits per heavy atom. The number of methoxy groups -OCH3 is 1. The maximum atomic E-state index is 6.23. The molecule has 1 rings (SSSR count). The number of halogens is 1. The summed E-state index contributed by atoms with van der Waals surface area (Å²) in [5.41, 5.74) is 7.33. The molecule has 1 atom stereocenters. The largest absolute Gasteiger partial charge is 0.493 e. The molecule has 0 heterocycles. The van der Waals surface area contributed by atoms with Crippen LogP contribution < -0.4 is 15.2 Å². The van der Waals surface area contributed by atoms with Gasteiger partial charge in [0.25, 0.3) is 0 Å². The summed E-state index contributed by atoms with van der Waals surface area (Å²) in [5, 5.41) is 0. The minimum absolute atomic E-state index is 0. The van der Waals surface area contributed by atoms with Crippen LogP contribution in [-0.4, -0.2) is 13.7 Å². The van der Waals surface area contributed by atoms with Gasteiger partial charge in [-0.2, -0.15) is 0 Å². The Labute approximate surface area is 116 Å². The molecule has 0 saturated heterocycles. The van der Waals surface area contributed by atoms with Gasteiger partial charge in [0.2, 0.25) is 0 Å². The summed E-state index contributed by atoms with van der Waals surface area (Å²) in [5.74, 6) is 1.50. The predicted molar refractivity (Wildman–Crippen MR) is 77.8 cm³/mol. The van der Waals surface area contributed by atoms with Crippen molar-refractivity contribution in [3.8, 4) is 11.5 Å². The van der Waals surface area contributed by atoms with Gasteiger partial charge in [0.15, 0.2) is 11.5 Å². The fraction of sp³-hybridized carbons (Fsp3) is 0.571. The maximum absolute atomic E-state index is 6.23. The van der Waals surface area contributed by atoms with E-state index < -0.39 is 0 Å². The third-order valence-electron chi connectivity index (χ3n) is 2.78. The van der Waals surface area contributed by atoms with E-state index in [0.29, 0.717) is 6.61 Å². The summed E-state index contributed by atoms with van der Waals surface area (Å²) in [4.78, 5) is 0. The van der Waals surface area contributed by atoms with E-state index in [-0.39, 0.29) is 23.9 Å². The van der Waals surface area contributed by atoms with Gasteiger partial charge in [0.05, 0.1) is 13.7 Å². The summed E-state index contributed by atoms with van der Waals surface area (Å²) in [6, 6.07) is 5.86. The summed E-state index contributed by atoms with van der Waals surface area (Å²) in [6.45, 7) is 8.95. The van der Waals surface area contributed by atoms with Crippen LogP contribution in [0.1, 0.15) is 39.3 Å². The second kappa shape index (κ2) is 6.86. The molecule has 0 radical (unpaired) electrons. The van der Waals surface area contributed by atoms with Gasteiger partial charge in [0.1, 0.15) is 0 Å². The first-order valence-electron chi connectivity index (χ1n) is 5.96. The highest BCUT2D eigenvalue weighted by Crippen LogP contribution is 2.35. The van der Waals surface area contributed by atoms with Gasteiger partial charge in [-0.25, -0.2) is 0 Å². The minimum atomic E-state index is -0.0207. The molecule has 0 aliphatic carbocycles. The lowest BCUT2D eigenvalue weighted by Gasteiger charge is -2.28. The molecule has 4 heteroatoms. The van der Waals surface area contributed by atoms with Gasteiger partial charge in [-0.05, 0) is 30.0 Å². The van der Waals surface area contributed by atoms with Crippen molar-refractivity contribution in [2.45, 2.75) is 33.7 Å². The zero-order valence-electron chi connectivity index (χ0n) is 11.8. The standard InChI is InChI=1S/C14H23NO2.ClH/c1-6-17-12-9-10(7-8-11(12)16-5)13(15)14(2,3)4;/h7-9,13H,6,15H2,1-5H3;1H/t13-;/m1./s1. The molecule has 18 heavy (non-hydrogen) atoms. The van der Waals surface area contributed by atoms with Crippen LogP contribution in [0.3, 0.4) is 0 Å². The molecule has 0 aromatic heterocycles. The van der Waals surface area contributed by atoms with Crippen molar-refractivity contribution in [1.82, 2.24) is 0 Å². The van der Waals surface area contributed by atoms with Gasteiger partial charge in [0, 0.05) is 6.04 Å². The smallest absolute Gasteiger partial charge is 0.161 e. The van der Waals surface area contributed by atoms with E-state index in [0.717, 1.165) is 17.1 Å². The molecule has 0 spiro atoms. The molecule has 0 unspecified atom stereocenters. The van der Waals surface area contributed by atoms with E-state index in [9.17, 15) is 0 Å². The summed E-state index contributed by atoms with van der Waals surface area (Å²) < 4.78 is 10.8. The topological polar surface area (TPSA) is 44.5 Å². The van der Waals surface area contributed by atoms with Crippen LogP contribution in [0.4, 0.5) is 0 Å². The average molecular weight is 274 g/mol. The first-order valence-corrected chi connectivity index (χ1v) is 5.96. The molecule has 0 fully saturated rings. The molecule has 0 amide bonds. The van der Waals surface area contributed by atoms with Gasteiger partial charge < -0.3 is 15.2 Å². The Bertz CT molecular complexity index is 375. The van der Waals surface area contributed by atoms with Crippen LogP contribution in [0, 0.1) is 5.41 Å². The monoisotopic (exact) mass is 273 g/mol. The molecule has 104 valence electrons. The van der Waals surface area contributed by atoms with E-state index in [1.807, 2.05) is 25.1 Å². The fourth-order valence-corrected chi connectivity index (χ4v) is 1.66. The van der Waals surface area contributed by atoms with Gasteiger partial charge in [-0.1, -0.05) is 26.8 Å². The van der Waals surface area contributed by atoms with Crippen molar-refractivity contribution in [1.29, 1.82) is 0 Å². The predicted octanol–water partition coefficient (Wildman–Crippen LogP) is 3.56. The molecule has 0 aliphatic heterocycles. The molecule has 0 saturated carbocycles. The van der Waals surface area contributed by atoms with E-state index in [2.05, 4.69) is 20.8 Å². The number of hydrogen-bond donors (Lipinski definition) is 1. The molecule has 0 aliphatic rings. The Morgan fingerprint density at radius 1 is 1.22 bits per heavy atom. The second-order valence-electron chi connectivity index (χ2n) is 5.19. The van der Waals surface area contributed by atoms with Crippen molar-refractivity contribution < 1.29 is 9.47 Å². The van der Waals surface area contributed by atoms with Crippen molar-refractivity contribution >= 4 is 12.4 Å². The summed E-state index contributed by atoms with van der Waals surface area (Å²) in [7, 11) is 1.64. The Balaban J connectivity index is 0.00000289. The van der Waals surface area contributed by atoms with Crippen LogP contribution in [0.25, 0.3) is 0 Å². The number of ether oxygens (including phenoxy) is 2. The number of nitrogens with two attached hydrogens (primary N) is 1. The molecule has 1 aromatic rings. The lowest BCUT2D eigenvalue weighted by molar-refractivity contribution is 0.304. The third-order valence-corrected chi connectivity index (χ3v) is 2.78. The van der Waals surface area contributed by atoms with Crippen molar-refractivity contribution in [3.63, 3.8) is 0 Å². The van der Waals surface area contributed by atoms with Crippen molar-refractivity contribution in [2.75, 3.05) is 13.7 Å². The first kappa shape index (κ1) is 17.1. The fourth-order valence-electron chi connectivity index (χ4n) is 1.66. The van der Waals surface area contributed by atoms with E-state index in [1.165, 1.54) is 0 Å². The van der Waals surface area contributed by atoms with Crippen molar-refractivity contribution in [3.05, 3.63) is 23.8 Å². The molecule has 2 N–H and O–H groups in total. The zero-order chi connectivity index (χ0) is 13.1. The highest BCUT2D eigenvalue weighted by molar-refractivity contribution is 5.85. The average Bonchev–Trinajstić information content (AvgIpc) is 2.27. The van der Waals surface area contributed by atoms with Gasteiger partial charge in [-0.15, -0.1) is 12.4 Å². The maximum Gasteiger partial charge on any atom is 0.161 e. The summed E-state index contributed by atoms with van der Waals surface area (Å²) in [6.07, 6.45) is 0. The summed E-state index contributed by atoms with van der Waals surface area (Å²) >= 11 is 0. The van der Waals surface area contributed by atoms with E-state index >= 15 is 0 Å². The normalized spacial score (nSPS) is 12.6. The van der Waals surface area contributed by atoms with Crippen LogP contribution in [-0.2, 0) is 0 Å². The van der Waals surface area contributed by atoms with Crippen molar-refractivity contribution in [2.24, 2.45) is 11.1 Å². The third kappa shape index (κ3) is 4.07. The second-order valence-corrected chi connectivity index (χ2v) is 5.19. The van der Waals surface area contributed by atoms with Crippen LogP contribution in [0.15, 0.2) is 18.2 Å². The van der Waals surface area contributed by atoms with Crippen LogP contribution >= 0.6 is 12.4 Å². The number of hydrogen-bond acceptors (Lipinski definition) is 3. The quantitative estimate of drug-likeness (QED) is 0.912. The number of benzene rings is 1. The molecule has 1 aromatic carbocycles. The Kier molecular flexibility index (Phi) is 6.50. The van der Waals surface area contributed by atoms with Gasteiger partial charge >= 0.3 is 0 Å². The SMILES string of the molecule is CCOc1cc([C@@H](N)C(C)(C)C)ccc1OC.Cl. The lowest BCUT2D eigenvalue weighted by atomic mass is 9.83. The Hall–Kier alpha value is -0.930. The highest BCUT2D eigenvalue weighted by atomic mass is 35.5. The van der Waals surface area contributed by atoms with Crippen LogP contribution in [0.5, 0.6) is 11.5 Å².